The second-order valence-corrected chi connectivity index (χ2v) is 4.04. The van der Waals surface area contributed by atoms with Crippen LogP contribution in [0.25, 0.3) is 0 Å². The zero-order valence-corrected chi connectivity index (χ0v) is 9.80. The molecule has 0 atom stereocenters. The molecule has 2 N–H and O–H groups in total. The van der Waals surface area contributed by atoms with E-state index >= 15 is 0 Å². The number of aromatic nitrogens is 2. The number of carbonyl (C=O) groups excluding carboxylic acids is 1. The van der Waals surface area contributed by atoms with Gasteiger partial charge in [-0.05, 0) is 19.3 Å². The highest BCUT2D eigenvalue weighted by molar-refractivity contribution is 5.97. The Morgan fingerprint density at radius 3 is 2.50 bits per heavy atom. The largest absolute Gasteiger partial charge is 0.476 e. The number of carboxylic acids is 1. The third-order valence-electron chi connectivity index (χ3n) is 2.77. The maximum atomic E-state index is 11.9. The summed E-state index contributed by atoms with van der Waals surface area (Å²) in [6.07, 6.45) is 5.69. The Bertz CT molecular complexity index is 457. The number of carbonyl (C=O) groups is 2. The van der Waals surface area contributed by atoms with Gasteiger partial charge in [-0.1, -0.05) is 0 Å². The summed E-state index contributed by atoms with van der Waals surface area (Å²) in [5, 5.41) is 11.4. The molecule has 0 spiro atoms. The second kappa shape index (κ2) is 5.44. The van der Waals surface area contributed by atoms with E-state index in [4.69, 9.17) is 5.11 Å². The van der Waals surface area contributed by atoms with E-state index < -0.39 is 5.97 Å². The molecule has 96 valence electrons. The van der Waals surface area contributed by atoms with Crippen LogP contribution < -0.4 is 5.32 Å². The molecule has 0 aliphatic carbocycles. The van der Waals surface area contributed by atoms with Crippen LogP contribution in [0, 0.1) is 0 Å². The molecule has 0 radical (unpaired) electrons. The van der Waals surface area contributed by atoms with Crippen molar-refractivity contribution in [3.8, 4) is 0 Å². The van der Waals surface area contributed by atoms with Crippen LogP contribution in [0.2, 0.25) is 0 Å². The molecule has 0 aromatic carbocycles. The Hall–Kier alpha value is -2.18. The topological polar surface area (TPSA) is 95.4 Å². The summed E-state index contributed by atoms with van der Waals surface area (Å²) in [7, 11) is 0. The van der Waals surface area contributed by atoms with Crippen molar-refractivity contribution < 1.29 is 14.7 Å². The van der Waals surface area contributed by atoms with Gasteiger partial charge in [0.2, 0.25) is 0 Å². The number of amides is 2. The first-order valence-electron chi connectivity index (χ1n) is 5.78. The molecule has 1 fully saturated rings. The van der Waals surface area contributed by atoms with E-state index in [-0.39, 0.29) is 17.5 Å². The quantitative estimate of drug-likeness (QED) is 0.822. The monoisotopic (exact) mass is 250 g/mol. The number of anilines is 1. The SMILES string of the molecule is O=C(O)c1nccnc1NC(=O)N1CCCCC1. The van der Waals surface area contributed by atoms with E-state index in [1.807, 2.05) is 0 Å². The minimum Gasteiger partial charge on any atom is -0.476 e. The number of carboxylic acid groups (broad SMARTS) is 1. The second-order valence-electron chi connectivity index (χ2n) is 4.04. The fourth-order valence-corrected chi connectivity index (χ4v) is 1.86. The maximum Gasteiger partial charge on any atom is 0.358 e. The summed E-state index contributed by atoms with van der Waals surface area (Å²) in [5.41, 5.74) is -0.247. The van der Waals surface area contributed by atoms with E-state index in [0.29, 0.717) is 13.1 Å². The fourth-order valence-electron chi connectivity index (χ4n) is 1.86. The lowest BCUT2D eigenvalue weighted by Crippen LogP contribution is -2.39. The van der Waals surface area contributed by atoms with Crippen LogP contribution in [0.3, 0.4) is 0 Å². The van der Waals surface area contributed by atoms with E-state index in [0.717, 1.165) is 19.3 Å². The van der Waals surface area contributed by atoms with Crippen molar-refractivity contribution in [3.63, 3.8) is 0 Å². The van der Waals surface area contributed by atoms with E-state index in [9.17, 15) is 9.59 Å². The fraction of sp³-hybridized carbons (Fsp3) is 0.455. The standard InChI is InChI=1S/C11H14N4O3/c16-10(17)8-9(13-5-4-12-8)14-11(18)15-6-2-1-3-7-15/h4-5H,1-3,6-7H2,(H,16,17)(H,13,14,18). The molecule has 1 aromatic heterocycles. The smallest absolute Gasteiger partial charge is 0.358 e. The molecule has 2 heterocycles. The number of piperidine rings is 1. The van der Waals surface area contributed by atoms with Crippen LogP contribution >= 0.6 is 0 Å². The minimum atomic E-state index is -1.21. The number of urea groups is 1. The van der Waals surface area contributed by atoms with Gasteiger partial charge in [0.15, 0.2) is 11.5 Å². The molecule has 1 aromatic rings. The van der Waals surface area contributed by atoms with Crippen LogP contribution in [0.15, 0.2) is 12.4 Å². The summed E-state index contributed by atoms with van der Waals surface area (Å²) in [4.78, 5) is 32.0. The van der Waals surface area contributed by atoms with Crippen molar-refractivity contribution in [1.29, 1.82) is 0 Å². The third kappa shape index (κ3) is 2.73. The van der Waals surface area contributed by atoms with Crippen LogP contribution in [-0.4, -0.2) is 45.1 Å². The van der Waals surface area contributed by atoms with Gasteiger partial charge in [0, 0.05) is 25.5 Å². The predicted molar refractivity (Wildman–Crippen MR) is 63.4 cm³/mol. The maximum absolute atomic E-state index is 11.9. The number of aromatic carboxylic acids is 1. The van der Waals surface area contributed by atoms with Crippen LogP contribution in [0.5, 0.6) is 0 Å². The Morgan fingerprint density at radius 1 is 1.17 bits per heavy atom. The first-order valence-corrected chi connectivity index (χ1v) is 5.78. The summed E-state index contributed by atoms with van der Waals surface area (Å²) in [6, 6.07) is -0.322. The number of likely N-dealkylation sites (tertiary alicyclic amines) is 1. The zero-order valence-electron chi connectivity index (χ0n) is 9.80. The summed E-state index contributed by atoms with van der Waals surface area (Å²) >= 11 is 0. The summed E-state index contributed by atoms with van der Waals surface area (Å²) in [5.74, 6) is -1.22. The molecular weight excluding hydrogens is 236 g/mol. The van der Waals surface area contributed by atoms with E-state index in [2.05, 4.69) is 15.3 Å². The number of nitrogens with zero attached hydrogens (tertiary/aromatic N) is 3. The molecule has 7 nitrogen and oxygen atoms in total. The van der Waals surface area contributed by atoms with Crippen molar-refractivity contribution in [3.05, 3.63) is 18.1 Å². The first-order chi connectivity index (χ1) is 8.68. The van der Waals surface area contributed by atoms with E-state index in [1.54, 1.807) is 4.90 Å². The van der Waals surface area contributed by atoms with Crippen LogP contribution in [-0.2, 0) is 0 Å². The summed E-state index contributed by atoms with van der Waals surface area (Å²) in [6.45, 7) is 1.38. The van der Waals surface area contributed by atoms with Gasteiger partial charge in [0.05, 0.1) is 0 Å². The van der Waals surface area contributed by atoms with Gasteiger partial charge in [-0.15, -0.1) is 0 Å². The Labute approximate surface area is 104 Å². The minimum absolute atomic E-state index is 0.0134. The van der Waals surface area contributed by atoms with Crippen LogP contribution in [0.1, 0.15) is 29.8 Å². The van der Waals surface area contributed by atoms with Gasteiger partial charge in [-0.25, -0.2) is 19.6 Å². The lowest BCUT2D eigenvalue weighted by molar-refractivity contribution is 0.0691. The Morgan fingerprint density at radius 2 is 1.83 bits per heavy atom. The third-order valence-corrected chi connectivity index (χ3v) is 2.77. The first kappa shape index (κ1) is 12.3. The lowest BCUT2D eigenvalue weighted by atomic mass is 10.1. The number of nitrogens with one attached hydrogen (secondary N) is 1. The Balaban J connectivity index is 2.08. The zero-order chi connectivity index (χ0) is 13.0. The molecule has 0 bridgehead atoms. The molecule has 1 aliphatic heterocycles. The molecule has 2 amide bonds. The molecule has 7 heteroatoms. The molecule has 0 unspecified atom stereocenters. The normalized spacial score (nSPS) is 15.2. The lowest BCUT2D eigenvalue weighted by Gasteiger charge is -2.26. The number of rotatable bonds is 2. The number of hydrogen-bond donors (Lipinski definition) is 2. The van der Waals surface area contributed by atoms with Crippen molar-refractivity contribution in [2.45, 2.75) is 19.3 Å². The van der Waals surface area contributed by atoms with Crippen molar-refractivity contribution >= 4 is 17.8 Å². The van der Waals surface area contributed by atoms with E-state index in [1.165, 1.54) is 12.4 Å². The highest BCUT2D eigenvalue weighted by atomic mass is 16.4. The average molecular weight is 250 g/mol. The summed E-state index contributed by atoms with van der Waals surface area (Å²) < 4.78 is 0. The highest BCUT2D eigenvalue weighted by Gasteiger charge is 2.20. The van der Waals surface area contributed by atoms with Gasteiger partial charge in [0.1, 0.15) is 0 Å². The van der Waals surface area contributed by atoms with Gasteiger partial charge in [0.25, 0.3) is 0 Å². The van der Waals surface area contributed by atoms with Crippen LogP contribution in [0.4, 0.5) is 10.6 Å². The molecule has 1 saturated heterocycles. The van der Waals surface area contributed by atoms with Gasteiger partial charge in [-0.3, -0.25) is 5.32 Å². The number of hydrogen-bond acceptors (Lipinski definition) is 4. The van der Waals surface area contributed by atoms with Crippen molar-refractivity contribution in [2.75, 3.05) is 18.4 Å². The molecule has 1 aliphatic rings. The molecule has 0 saturated carbocycles. The highest BCUT2D eigenvalue weighted by Crippen LogP contribution is 2.13. The van der Waals surface area contributed by atoms with Gasteiger partial charge in [-0.2, -0.15) is 0 Å². The molecule has 2 rings (SSSR count). The Kier molecular flexibility index (Phi) is 3.71. The van der Waals surface area contributed by atoms with Gasteiger partial charge >= 0.3 is 12.0 Å². The molecular formula is C11H14N4O3. The van der Waals surface area contributed by atoms with Gasteiger partial charge < -0.3 is 10.0 Å². The van der Waals surface area contributed by atoms with Crippen molar-refractivity contribution in [1.82, 2.24) is 14.9 Å². The van der Waals surface area contributed by atoms with Crippen molar-refractivity contribution in [2.24, 2.45) is 0 Å². The average Bonchev–Trinajstić information content (AvgIpc) is 2.40. The molecule has 18 heavy (non-hydrogen) atoms. The predicted octanol–water partition coefficient (Wildman–Crippen LogP) is 1.19.